The van der Waals surface area contributed by atoms with E-state index in [9.17, 15) is 24.3 Å². The van der Waals surface area contributed by atoms with Crippen LogP contribution < -0.4 is 4.74 Å². The smallest absolute Gasteiger partial charge is 0.253 e. The van der Waals surface area contributed by atoms with Crippen molar-refractivity contribution in [3.05, 3.63) is 93.7 Å². The largest absolute Gasteiger partial charge is 0.508 e. The Kier molecular flexibility index (Phi) is 6.91. The van der Waals surface area contributed by atoms with Crippen molar-refractivity contribution in [3.63, 3.8) is 0 Å². The number of aromatic hydroxyl groups is 1. The number of imide groups is 2. The number of carbonyl (C=O) groups is 4. The second kappa shape index (κ2) is 10.5. The van der Waals surface area contributed by atoms with Crippen LogP contribution in [0.1, 0.15) is 34.8 Å². The van der Waals surface area contributed by atoms with E-state index >= 15 is 0 Å². The van der Waals surface area contributed by atoms with E-state index in [-0.39, 0.29) is 49.1 Å². The number of benzene rings is 2. The maximum Gasteiger partial charge on any atom is 0.253 e. The van der Waals surface area contributed by atoms with Crippen molar-refractivity contribution in [1.82, 2.24) is 9.80 Å². The first kappa shape index (κ1) is 29.1. The number of hydrogen-bond acceptors (Lipinski definition) is 7. The number of thiophene rings is 1. The monoisotopic (exact) mass is 650 g/mol. The van der Waals surface area contributed by atoms with Gasteiger partial charge in [-0.05, 0) is 41.8 Å². The number of carbonyl (C=O) groups excluding carboxylic acids is 4. The summed E-state index contributed by atoms with van der Waals surface area (Å²) >= 11 is 15.9. The number of nitrogens with zero attached hydrogens (tertiary/aromatic N) is 2. The number of phenolic OH excluding ortho intramolecular Hbond substituents is 1. The van der Waals surface area contributed by atoms with Gasteiger partial charge in [-0.2, -0.15) is 0 Å². The highest BCUT2D eigenvalue weighted by atomic mass is 35.5. The standard InChI is InChI=1S/C33H28Cl2N2O6S/c1-36-30(41)32(34)15-24-21(11-12-23-26(24)29(40)37(28(23)39)16-20-8-5-13-44-20)27(33(32,35)31(36)42)22-10-9-19(14-25(22)38)43-17-18-6-3-2-4-7-18/h2-11,13-14,23-24,26-27,38H,12,15-17H2,1H3. The van der Waals surface area contributed by atoms with E-state index in [1.54, 1.807) is 12.1 Å². The topological polar surface area (TPSA) is 104 Å². The fourth-order valence-electron chi connectivity index (χ4n) is 7.47. The second-order valence-corrected chi connectivity index (χ2v) is 14.1. The summed E-state index contributed by atoms with van der Waals surface area (Å²) in [5.74, 6) is -4.81. The van der Waals surface area contributed by atoms with Crippen LogP contribution in [0.3, 0.4) is 0 Å². The van der Waals surface area contributed by atoms with Gasteiger partial charge in [-0.15, -0.1) is 34.5 Å². The number of amides is 4. The molecule has 11 heteroatoms. The summed E-state index contributed by atoms with van der Waals surface area (Å²) in [7, 11) is 1.34. The average molecular weight is 652 g/mol. The molecule has 7 rings (SSSR count). The molecule has 8 nitrogen and oxygen atoms in total. The molecule has 6 unspecified atom stereocenters. The molecule has 0 radical (unpaired) electrons. The molecule has 2 saturated heterocycles. The second-order valence-electron chi connectivity index (χ2n) is 11.8. The molecular formula is C33H28Cl2N2O6S. The fraction of sp³-hybridized carbons (Fsp3) is 0.333. The van der Waals surface area contributed by atoms with E-state index in [2.05, 4.69) is 0 Å². The molecule has 0 spiro atoms. The number of ether oxygens (including phenoxy) is 1. The van der Waals surface area contributed by atoms with E-state index in [0.717, 1.165) is 15.3 Å². The molecule has 2 aliphatic carbocycles. The molecule has 1 saturated carbocycles. The lowest BCUT2D eigenvalue weighted by molar-refractivity contribution is -0.141. The van der Waals surface area contributed by atoms with Crippen LogP contribution in [0.4, 0.5) is 0 Å². The summed E-state index contributed by atoms with van der Waals surface area (Å²) in [6.07, 6.45) is 2.02. The number of allylic oxidation sites excluding steroid dienone is 2. The molecule has 6 atom stereocenters. The minimum absolute atomic E-state index is 0.0959. The summed E-state index contributed by atoms with van der Waals surface area (Å²) in [6.45, 7) is 0.449. The first-order chi connectivity index (χ1) is 21.1. The van der Waals surface area contributed by atoms with Gasteiger partial charge in [0.05, 0.1) is 18.4 Å². The van der Waals surface area contributed by atoms with Crippen molar-refractivity contribution in [3.8, 4) is 11.5 Å². The SMILES string of the molecule is CN1C(=O)C2(Cl)CC3C(=CCC4C(=O)N(Cc5cccs5)C(=O)C43)C(c3ccc(OCc4ccccc4)cc3O)C2(Cl)C1=O. The van der Waals surface area contributed by atoms with Crippen molar-refractivity contribution < 1.29 is 29.0 Å². The Hall–Kier alpha value is -3.66. The lowest BCUT2D eigenvalue weighted by Crippen LogP contribution is -2.60. The summed E-state index contributed by atoms with van der Waals surface area (Å²) in [6, 6.07) is 18.0. The maximum atomic E-state index is 13.9. The number of phenols is 1. The predicted molar refractivity (Wildman–Crippen MR) is 164 cm³/mol. The summed E-state index contributed by atoms with van der Waals surface area (Å²) in [5.41, 5.74) is 1.86. The van der Waals surface area contributed by atoms with Gasteiger partial charge in [0.15, 0.2) is 9.75 Å². The lowest BCUT2D eigenvalue weighted by Gasteiger charge is -2.50. The third-order valence-electron chi connectivity index (χ3n) is 9.56. The Balaban J connectivity index is 1.29. The fourth-order valence-corrected chi connectivity index (χ4v) is 9.17. The number of hydrogen-bond donors (Lipinski definition) is 1. The van der Waals surface area contributed by atoms with Gasteiger partial charge in [-0.25, -0.2) is 0 Å². The summed E-state index contributed by atoms with van der Waals surface area (Å²) in [5, 5.41) is 13.3. The lowest BCUT2D eigenvalue weighted by atomic mass is 9.56. The van der Waals surface area contributed by atoms with Crippen molar-refractivity contribution in [2.24, 2.45) is 17.8 Å². The zero-order valence-electron chi connectivity index (χ0n) is 23.6. The predicted octanol–water partition coefficient (Wildman–Crippen LogP) is 5.22. The van der Waals surface area contributed by atoms with Crippen molar-refractivity contribution >= 4 is 58.2 Å². The van der Waals surface area contributed by atoms with Gasteiger partial charge < -0.3 is 9.84 Å². The molecule has 2 aliphatic heterocycles. The normalized spacial score (nSPS) is 31.1. The minimum Gasteiger partial charge on any atom is -0.508 e. The van der Waals surface area contributed by atoms with Crippen LogP contribution in [-0.2, 0) is 32.3 Å². The van der Waals surface area contributed by atoms with Crippen LogP contribution in [0.15, 0.2) is 77.7 Å². The van der Waals surface area contributed by atoms with E-state index in [0.29, 0.717) is 11.3 Å². The van der Waals surface area contributed by atoms with Crippen molar-refractivity contribution in [2.45, 2.75) is 41.7 Å². The molecule has 3 aromatic rings. The Labute approximate surface area is 267 Å². The van der Waals surface area contributed by atoms with E-state index < -0.39 is 45.2 Å². The number of alkyl halides is 2. The minimum atomic E-state index is -1.97. The molecule has 2 aromatic carbocycles. The van der Waals surface area contributed by atoms with Gasteiger partial charge >= 0.3 is 0 Å². The zero-order chi connectivity index (χ0) is 31.0. The summed E-state index contributed by atoms with van der Waals surface area (Å²) in [4.78, 5) is 54.1. The highest BCUT2D eigenvalue weighted by Crippen LogP contribution is 2.66. The number of likely N-dealkylation sites (tertiary alicyclic amines) is 2. The van der Waals surface area contributed by atoms with Gasteiger partial charge in [0.1, 0.15) is 18.1 Å². The average Bonchev–Trinajstić information content (AvgIpc) is 3.66. The Bertz CT molecular complexity index is 1730. The third-order valence-corrected chi connectivity index (χ3v) is 11.8. The number of halogens is 2. The number of rotatable bonds is 6. The maximum absolute atomic E-state index is 13.9. The highest BCUT2D eigenvalue weighted by molar-refractivity contribution is 7.09. The van der Waals surface area contributed by atoms with Crippen molar-refractivity contribution in [2.75, 3.05) is 7.05 Å². The first-order valence-electron chi connectivity index (χ1n) is 14.3. The van der Waals surface area contributed by atoms with Crippen LogP contribution in [0.25, 0.3) is 0 Å². The van der Waals surface area contributed by atoms with Crippen LogP contribution in [-0.4, -0.2) is 55.3 Å². The van der Waals surface area contributed by atoms with Crippen molar-refractivity contribution in [1.29, 1.82) is 0 Å². The first-order valence-corrected chi connectivity index (χ1v) is 16.0. The Morgan fingerprint density at radius 1 is 0.977 bits per heavy atom. The van der Waals surface area contributed by atoms with Gasteiger partial charge in [0.2, 0.25) is 11.8 Å². The van der Waals surface area contributed by atoms with Crippen LogP contribution in [0.2, 0.25) is 0 Å². The van der Waals surface area contributed by atoms with E-state index in [1.807, 2.05) is 53.9 Å². The Morgan fingerprint density at radius 3 is 2.45 bits per heavy atom. The molecular weight excluding hydrogens is 623 g/mol. The molecule has 44 heavy (non-hydrogen) atoms. The van der Waals surface area contributed by atoms with Crippen LogP contribution in [0, 0.1) is 17.8 Å². The van der Waals surface area contributed by atoms with E-state index in [4.69, 9.17) is 27.9 Å². The third kappa shape index (κ3) is 4.09. The molecule has 3 heterocycles. The molecule has 4 amide bonds. The van der Waals surface area contributed by atoms with Gasteiger partial charge in [0.25, 0.3) is 11.8 Å². The molecule has 1 aromatic heterocycles. The Morgan fingerprint density at radius 2 is 1.75 bits per heavy atom. The molecule has 4 aliphatic rings. The van der Waals surface area contributed by atoms with Gasteiger partial charge in [-0.1, -0.05) is 54.1 Å². The molecule has 0 bridgehead atoms. The van der Waals surface area contributed by atoms with Crippen LogP contribution >= 0.6 is 34.5 Å². The zero-order valence-corrected chi connectivity index (χ0v) is 25.9. The van der Waals surface area contributed by atoms with Gasteiger partial charge in [-0.3, -0.25) is 29.0 Å². The van der Waals surface area contributed by atoms with E-state index in [1.165, 1.54) is 29.4 Å². The number of fused-ring (bicyclic) bond motifs is 4. The quantitative estimate of drug-likeness (QED) is 0.223. The molecule has 1 N–H and O–H groups in total. The molecule has 226 valence electrons. The molecule has 3 fully saturated rings. The van der Waals surface area contributed by atoms with Gasteiger partial charge in [0, 0.05) is 29.5 Å². The highest BCUT2D eigenvalue weighted by Gasteiger charge is 2.76. The van der Waals surface area contributed by atoms with Crippen LogP contribution in [0.5, 0.6) is 11.5 Å². The summed E-state index contributed by atoms with van der Waals surface area (Å²) < 4.78 is 5.90.